The van der Waals surface area contributed by atoms with Crippen LogP contribution in [0.15, 0.2) is 18.2 Å². The highest BCUT2D eigenvalue weighted by molar-refractivity contribution is 6.34. The zero-order chi connectivity index (χ0) is 15.2. The fraction of sp³-hybridized carbons (Fsp3) is 0.429. The number of benzene rings is 1. The molecule has 1 aromatic rings. The van der Waals surface area contributed by atoms with Crippen LogP contribution >= 0.6 is 11.6 Å². The van der Waals surface area contributed by atoms with Gasteiger partial charge in [-0.3, -0.25) is 0 Å². The van der Waals surface area contributed by atoms with Crippen molar-refractivity contribution in [1.29, 1.82) is 0 Å². The van der Waals surface area contributed by atoms with E-state index in [0.717, 1.165) is 19.3 Å². The lowest BCUT2D eigenvalue weighted by Gasteiger charge is -2.22. The third-order valence-corrected chi connectivity index (χ3v) is 3.55. The molecule has 1 aliphatic heterocycles. The minimum Gasteiger partial charge on any atom is -0.478 e. The van der Waals surface area contributed by atoms with Gasteiger partial charge in [0.05, 0.1) is 16.8 Å². The van der Waals surface area contributed by atoms with Gasteiger partial charge in [0.15, 0.2) is 0 Å². The number of urea groups is 1. The number of rotatable bonds is 4. The zero-order valence-corrected chi connectivity index (χ0v) is 12.2. The number of carboxylic acid groups (broad SMARTS) is 1. The number of ether oxygens (including phenoxy) is 1. The van der Waals surface area contributed by atoms with E-state index in [-0.39, 0.29) is 22.4 Å². The predicted octanol–water partition coefficient (Wildman–Crippen LogP) is 2.73. The average Bonchev–Trinajstić information content (AvgIpc) is 2.46. The van der Waals surface area contributed by atoms with Crippen molar-refractivity contribution in [2.75, 3.05) is 18.5 Å². The van der Waals surface area contributed by atoms with Gasteiger partial charge < -0.3 is 20.5 Å². The second-order valence-electron chi connectivity index (χ2n) is 4.79. The number of amides is 2. The number of aromatic carboxylic acids is 1. The summed E-state index contributed by atoms with van der Waals surface area (Å²) in [5.74, 6) is -1.19. The standard InChI is InChI=1S/C14H17ClN2O4/c15-10-5-3-6-11(12(10)13(18)19)17-14(20)16-8-9-4-1-2-7-21-9/h3,5-6,9H,1-2,4,7-8H2,(H,18,19)(H2,16,17,20). The lowest BCUT2D eigenvalue weighted by molar-refractivity contribution is 0.0187. The minimum atomic E-state index is -1.19. The highest BCUT2D eigenvalue weighted by Crippen LogP contribution is 2.24. The van der Waals surface area contributed by atoms with E-state index in [0.29, 0.717) is 13.2 Å². The van der Waals surface area contributed by atoms with Crippen LogP contribution in [-0.4, -0.2) is 36.4 Å². The number of carboxylic acids is 1. The van der Waals surface area contributed by atoms with Gasteiger partial charge in [-0.1, -0.05) is 17.7 Å². The number of hydrogen-bond donors (Lipinski definition) is 3. The van der Waals surface area contributed by atoms with Crippen LogP contribution in [0.5, 0.6) is 0 Å². The van der Waals surface area contributed by atoms with Crippen LogP contribution in [0.25, 0.3) is 0 Å². The smallest absolute Gasteiger partial charge is 0.339 e. The number of nitrogens with one attached hydrogen (secondary N) is 2. The molecule has 114 valence electrons. The van der Waals surface area contributed by atoms with Crippen molar-refractivity contribution >= 4 is 29.3 Å². The van der Waals surface area contributed by atoms with Crippen LogP contribution in [-0.2, 0) is 4.74 Å². The largest absolute Gasteiger partial charge is 0.478 e. The predicted molar refractivity (Wildman–Crippen MR) is 79.0 cm³/mol. The number of hydrogen-bond acceptors (Lipinski definition) is 3. The Balaban J connectivity index is 1.93. The quantitative estimate of drug-likeness (QED) is 0.797. The van der Waals surface area contributed by atoms with E-state index in [1.807, 2.05) is 0 Å². The molecule has 2 rings (SSSR count). The molecule has 0 radical (unpaired) electrons. The van der Waals surface area contributed by atoms with E-state index in [1.165, 1.54) is 12.1 Å². The number of halogens is 1. The summed E-state index contributed by atoms with van der Waals surface area (Å²) in [5.41, 5.74) is 0.0419. The molecule has 6 nitrogen and oxygen atoms in total. The molecule has 1 aliphatic rings. The Morgan fingerprint density at radius 2 is 2.19 bits per heavy atom. The van der Waals surface area contributed by atoms with Crippen LogP contribution in [0.4, 0.5) is 10.5 Å². The zero-order valence-electron chi connectivity index (χ0n) is 11.4. The van der Waals surface area contributed by atoms with Crippen LogP contribution in [0, 0.1) is 0 Å². The van der Waals surface area contributed by atoms with Crippen molar-refractivity contribution in [2.24, 2.45) is 0 Å². The van der Waals surface area contributed by atoms with Crippen molar-refractivity contribution in [3.63, 3.8) is 0 Å². The van der Waals surface area contributed by atoms with Crippen molar-refractivity contribution in [3.05, 3.63) is 28.8 Å². The molecule has 0 aromatic heterocycles. The molecule has 0 aliphatic carbocycles. The molecule has 7 heteroatoms. The highest BCUT2D eigenvalue weighted by Gasteiger charge is 2.18. The van der Waals surface area contributed by atoms with E-state index in [2.05, 4.69) is 10.6 Å². The molecule has 1 aromatic carbocycles. The average molecular weight is 313 g/mol. The molecule has 1 heterocycles. The maximum atomic E-state index is 11.8. The monoisotopic (exact) mass is 312 g/mol. The topological polar surface area (TPSA) is 87.7 Å². The van der Waals surface area contributed by atoms with Gasteiger partial charge in [-0.2, -0.15) is 0 Å². The number of carbonyl (C=O) groups is 2. The minimum absolute atomic E-state index is 0.0165. The fourth-order valence-corrected chi connectivity index (χ4v) is 2.44. The maximum absolute atomic E-state index is 11.8. The second-order valence-corrected chi connectivity index (χ2v) is 5.20. The fourth-order valence-electron chi connectivity index (χ4n) is 2.19. The third-order valence-electron chi connectivity index (χ3n) is 3.24. The number of carbonyl (C=O) groups excluding carboxylic acids is 1. The number of anilines is 1. The van der Waals surface area contributed by atoms with E-state index < -0.39 is 12.0 Å². The summed E-state index contributed by atoms with van der Waals surface area (Å²) >= 11 is 5.83. The third kappa shape index (κ3) is 4.34. The summed E-state index contributed by atoms with van der Waals surface area (Å²) in [6.07, 6.45) is 3.07. The molecule has 0 spiro atoms. The van der Waals surface area contributed by atoms with E-state index in [4.69, 9.17) is 21.4 Å². The molecule has 1 atom stereocenters. The van der Waals surface area contributed by atoms with Crippen LogP contribution < -0.4 is 10.6 Å². The lowest BCUT2D eigenvalue weighted by atomic mass is 10.1. The molecule has 1 fully saturated rings. The molecule has 21 heavy (non-hydrogen) atoms. The molecule has 2 amide bonds. The van der Waals surface area contributed by atoms with E-state index in [1.54, 1.807) is 6.07 Å². The first kappa shape index (κ1) is 15.6. The second kappa shape index (κ2) is 7.28. The Bertz CT molecular complexity index is 530. The first-order valence-electron chi connectivity index (χ1n) is 6.76. The van der Waals surface area contributed by atoms with Crippen molar-refractivity contribution < 1.29 is 19.4 Å². The van der Waals surface area contributed by atoms with Gasteiger partial charge in [-0.05, 0) is 31.4 Å². The van der Waals surface area contributed by atoms with Crippen LogP contribution in [0.3, 0.4) is 0 Å². The first-order chi connectivity index (χ1) is 10.1. The summed E-state index contributed by atoms with van der Waals surface area (Å²) in [7, 11) is 0. The Labute approximate surface area is 127 Å². The molecule has 1 saturated heterocycles. The van der Waals surface area contributed by atoms with Gasteiger partial charge in [-0.15, -0.1) is 0 Å². The van der Waals surface area contributed by atoms with Crippen molar-refractivity contribution in [1.82, 2.24) is 5.32 Å². The highest BCUT2D eigenvalue weighted by atomic mass is 35.5. The summed E-state index contributed by atoms with van der Waals surface area (Å²) in [6, 6.07) is 4.05. The molecule has 0 bridgehead atoms. The molecule has 1 unspecified atom stereocenters. The van der Waals surface area contributed by atoms with Crippen LogP contribution in [0.2, 0.25) is 5.02 Å². The van der Waals surface area contributed by atoms with Crippen molar-refractivity contribution in [3.8, 4) is 0 Å². The van der Waals surface area contributed by atoms with Gasteiger partial charge in [0.1, 0.15) is 5.56 Å². The molecular formula is C14H17ClN2O4. The summed E-state index contributed by atoms with van der Waals surface area (Å²) < 4.78 is 5.50. The summed E-state index contributed by atoms with van der Waals surface area (Å²) in [4.78, 5) is 23.0. The van der Waals surface area contributed by atoms with Gasteiger partial charge in [0, 0.05) is 13.2 Å². The van der Waals surface area contributed by atoms with Gasteiger partial charge in [0.25, 0.3) is 0 Å². The summed E-state index contributed by atoms with van der Waals surface area (Å²) in [6.45, 7) is 1.11. The Kier molecular flexibility index (Phi) is 5.41. The molecule has 3 N–H and O–H groups in total. The summed E-state index contributed by atoms with van der Waals surface area (Å²) in [5, 5.41) is 14.4. The van der Waals surface area contributed by atoms with E-state index >= 15 is 0 Å². The first-order valence-corrected chi connectivity index (χ1v) is 7.14. The SMILES string of the molecule is O=C(NCC1CCCCO1)Nc1cccc(Cl)c1C(=O)O. The van der Waals surface area contributed by atoms with E-state index in [9.17, 15) is 9.59 Å². The Hall–Kier alpha value is -1.79. The molecule has 0 saturated carbocycles. The van der Waals surface area contributed by atoms with Gasteiger partial charge in [-0.25, -0.2) is 9.59 Å². The van der Waals surface area contributed by atoms with Crippen LogP contribution in [0.1, 0.15) is 29.6 Å². The Morgan fingerprint density at radius 1 is 1.38 bits per heavy atom. The lowest BCUT2D eigenvalue weighted by Crippen LogP contribution is -2.38. The van der Waals surface area contributed by atoms with Crippen molar-refractivity contribution in [2.45, 2.75) is 25.4 Å². The molecular weight excluding hydrogens is 296 g/mol. The maximum Gasteiger partial charge on any atom is 0.339 e. The van der Waals surface area contributed by atoms with Gasteiger partial charge in [0.2, 0.25) is 0 Å². The van der Waals surface area contributed by atoms with Gasteiger partial charge >= 0.3 is 12.0 Å². The Morgan fingerprint density at radius 3 is 2.86 bits per heavy atom. The normalized spacial score (nSPS) is 18.0.